The monoisotopic (exact) mass is 377 g/mol. The Morgan fingerprint density at radius 3 is 1.44 bits per heavy atom. The molecule has 3 heteroatoms. The normalized spacial score (nSPS) is 11.9. The summed E-state index contributed by atoms with van der Waals surface area (Å²) in [4.78, 5) is 0. The summed E-state index contributed by atoms with van der Waals surface area (Å²) in [6, 6.07) is 6.87. The molecule has 1 unspecified atom stereocenters. The van der Waals surface area contributed by atoms with E-state index in [4.69, 9.17) is 11.6 Å². The first-order chi connectivity index (χ1) is 8.02. The van der Waals surface area contributed by atoms with Gasteiger partial charge < -0.3 is 0 Å². The van der Waals surface area contributed by atoms with Crippen LogP contribution in [-0.2, 0) is 30.0 Å². The van der Waals surface area contributed by atoms with Gasteiger partial charge in [0.2, 0.25) is 0 Å². The molecule has 1 atom stereocenters. The summed E-state index contributed by atoms with van der Waals surface area (Å²) < 4.78 is 0.572. The first-order valence-corrected chi connectivity index (χ1v) is 8.22. The Bertz CT molecular complexity index is 343. The summed E-state index contributed by atoms with van der Waals surface area (Å²) in [6.45, 7) is 13.6. The average molecular weight is 378 g/mol. The quantitative estimate of drug-likeness (QED) is 0.354. The first kappa shape index (κ1) is 18.6. The number of halogens is 1. The van der Waals surface area contributed by atoms with Gasteiger partial charge in [-0.2, -0.15) is 0 Å². The van der Waals surface area contributed by atoms with Gasteiger partial charge in [-0.25, -0.2) is 0 Å². The Hall–Kier alpha value is 0.602. The minimum absolute atomic E-state index is 0.229. The van der Waals surface area contributed by atoms with Crippen molar-refractivity contribution in [1.82, 2.24) is 0 Å². The van der Waals surface area contributed by atoms with Gasteiger partial charge in [0.25, 0.3) is 0 Å². The molecule has 0 aliphatic heterocycles. The Balaban J connectivity index is 0.000000873. The summed E-state index contributed by atoms with van der Waals surface area (Å²) in [5, 5.41) is 1.28. The van der Waals surface area contributed by atoms with Gasteiger partial charge in [-0.15, -0.1) is 9.24 Å². The summed E-state index contributed by atoms with van der Waals surface area (Å²) in [5.74, 6) is 0. The maximum absolute atomic E-state index is 4.93. The van der Waals surface area contributed by atoms with Crippen LogP contribution in [-0.4, -0.2) is 4.35 Å². The Morgan fingerprint density at radius 2 is 1.22 bits per heavy atom. The van der Waals surface area contributed by atoms with E-state index in [-0.39, 0.29) is 10.8 Å². The summed E-state index contributed by atoms with van der Waals surface area (Å²) >= 11 is 7.64. The van der Waals surface area contributed by atoms with Crippen LogP contribution < -0.4 is 5.30 Å². The molecule has 1 aromatic rings. The number of hydrogen-bond acceptors (Lipinski definition) is 0. The van der Waals surface area contributed by atoms with Gasteiger partial charge in [-0.1, -0.05) is 59.7 Å². The van der Waals surface area contributed by atoms with Crippen molar-refractivity contribution in [3.05, 3.63) is 29.3 Å². The molecule has 1 aromatic carbocycles. The van der Waals surface area contributed by atoms with E-state index in [9.17, 15) is 0 Å². The second-order valence-corrected chi connectivity index (χ2v) is 8.51. The number of benzene rings is 1. The third-order valence-electron chi connectivity index (χ3n) is 2.69. The molecule has 0 saturated heterocycles. The molecular formula is C15H25ClPPd. The van der Waals surface area contributed by atoms with Crippen LogP contribution in [0.5, 0.6) is 0 Å². The molecule has 0 fully saturated rings. The fraction of sp³-hybridized carbons (Fsp3) is 0.600. The Kier molecular flexibility index (Phi) is 7.65. The van der Waals surface area contributed by atoms with Crippen LogP contribution in [0.4, 0.5) is 0 Å². The SMILES string of the molecule is CC(C)(C)c1cc(P)cc(C(C)(C)C)c1.Cl[CH2][Pd]. The molecule has 0 spiro atoms. The molecule has 0 nitrogen and oxygen atoms in total. The van der Waals surface area contributed by atoms with E-state index < -0.39 is 0 Å². The van der Waals surface area contributed by atoms with E-state index in [1.807, 2.05) is 0 Å². The average Bonchev–Trinajstić information content (AvgIpc) is 2.15. The maximum atomic E-state index is 4.93. The van der Waals surface area contributed by atoms with Crippen LogP contribution in [0.25, 0.3) is 0 Å². The van der Waals surface area contributed by atoms with Gasteiger partial charge in [0.1, 0.15) is 0 Å². The summed E-state index contributed by atoms with van der Waals surface area (Å²) in [6.07, 6.45) is 0. The van der Waals surface area contributed by atoms with Crippen LogP contribution >= 0.6 is 20.8 Å². The summed E-state index contributed by atoms with van der Waals surface area (Å²) in [5.41, 5.74) is 3.29. The molecule has 0 bridgehead atoms. The topological polar surface area (TPSA) is 0 Å². The fourth-order valence-corrected chi connectivity index (χ4v) is 1.88. The molecule has 0 N–H and O–H groups in total. The van der Waals surface area contributed by atoms with Crippen LogP contribution in [0.15, 0.2) is 18.2 Å². The standard InChI is InChI=1S/C14H23P.CH2Cl.Pd/c1-13(2,3)10-7-11(14(4,5)6)9-12(15)8-10;1-2;/h7-9H,15H2,1-6H3;1H2;. The van der Waals surface area contributed by atoms with E-state index in [2.05, 4.69) is 88.2 Å². The van der Waals surface area contributed by atoms with E-state index in [0.717, 1.165) is 0 Å². The zero-order chi connectivity index (χ0) is 14.6. The molecule has 1 rings (SSSR count). The number of rotatable bonds is 0. The number of alkyl halides is 1. The van der Waals surface area contributed by atoms with Gasteiger partial charge in [0.05, 0.1) is 0 Å². The predicted molar refractivity (Wildman–Crippen MR) is 83.9 cm³/mol. The zero-order valence-corrected chi connectivity index (χ0v) is 15.7. The van der Waals surface area contributed by atoms with Crippen molar-refractivity contribution >= 4 is 26.1 Å². The summed E-state index contributed by atoms with van der Waals surface area (Å²) in [7, 11) is 2.81. The van der Waals surface area contributed by atoms with Crippen LogP contribution in [0, 0.1) is 0 Å². The molecule has 0 saturated carbocycles. The molecular weight excluding hydrogens is 353 g/mol. The molecule has 0 aliphatic rings. The van der Waals surface area contributed by atoms with Crippen molar-refractivity contribution in [2.75, 3.05) is 4.35 Å². The fourth-order valence-electron chi connectivity index (χ4n) is 1.52. The van der Waals surface area contributed by atoms with Crippen LogP contribution in [0.3, 0.4) is 0 Å². The van der Waals surface area contributed by atoms with E-state index in [1.54, 1.807) is 0 Å². The van der Waals surface area contributed by atoms with E-state index >= 15 is 0 Å². The molecule has 0 radical (unpaired) electrons. The molecule has 18 heavy (non-hydrogen) atoms. The Morgan fingerprint density at radius 1 is 0.944 bits per heavy atom. The van der Waals surface area contributed by atoms with Gasteiger partial charge in [-0.05, 0) is 27.3 Å². The zero-order valence-electron chi connectivity index (χ0n) is 12.2. The molecule has 0 heterocycles. The van der Waals surface area contributed by atoms with Crippen LogP contribution in [0.2, 0.25) is 0 Å². The van der Waals surface area contributed by atoms with Gasteiger partial charge in [0, 0.05) is 0 Å². The van der Waals surface area contributed by atoms with Gasteiger partial charge in [0.15, 0.2) is 0 Å². The first-order valence-electron chi connectivity index (χ1n) is 6.01. The van der Waals surface area contributed by atoms with Crippen molar-refractivity contribution < 1.29 is 19.2 Å². The van der Waals surface area contributed by atoms with E-state index in [0.29, 0.717) is 4.35 Å². The van der Waals surface area contributed by atoms with Crippen LogP contribution in [0.1, 0.15) is 52.7 Å². The second kappa shape index (κ2) is 7.40. The molecule has 0 aliphatic carbocycles. The van der Waals surface area contributed by atoms with Crippen molar-refractivity contribution in [2.45, 2.75) is 52.4 Å². The molecule has 0 aromatic heterocycles. The van der Waals surface area contributed by atoms with Crippen molar-refractivity contribution in [1.29, 1.82) is 0 Å². The third-order valence-corrected chi connectivity index (χ3v) is 3.02. The predicted octanol–water partition coefficient (Wildman–Crippen LogP) is 4.51. The van der Waals surface area contributed by atoms with Crippen molar-refractivity contribution in [3.63, 3.8) is 0 Å². The Labute approximate surface area is 131 Å². The third kappa shape index (κ3) is 6.68. The van der Waals surface area contributed by atoms with Gasteiger partial charge >= 0.3 is 35.2 Å². The van der Waals surface area contributed by atoms with Crippen molar-refractivity contribution in [2.24, 2.45) is 0 Å². The number of hydrogen-bond donors (Lipinski definition) is 0. The van der Waals surface area contributed by atoms with Gasteiger partial charge in [-0.3, -0.25) is 0 Å². The molecule has 0 amide bonds. The second-order valence-electron chi connectivity index (χ2n) is 6.43. The minimum atomic E-state index is 0.229. The van der Waals surface area contributed by atoms with Crippen molar-refractivity contribution in [3.8, 4) is 0 Å². The van der Waals surface area contributed by atoms with E-state index in [1.165, 1.54) is 16.4 Å². The molecule has 107 valence electrons.